The van der Waals surface area contributed by atoms with Crippen molar-refractivity contribution in [2.24, 2.45) is 0 Å². The van der Waals surface area contributed by atoms with Gasteiger partial charge >= 0.3 is 0 Å². The van der Waals surface area contributed by atoms with Gasteiger partial charge in [-0.1, -0.05) is 18.2 Å². The molecule has 0 atom stereocenters. The van der Waals surface area contributed by atoms with Crippen LogP contribution in [0.15, 0.2) is 30.3 Å². The summed E-state index contributed by atoms with van der Waals surface area (Å²) in [5.41, 5.74) is 0. The molecule has 1 aromatic carbocycles. The van der Waals surface area contributed by atoms with Crippen molar-refractivity contribution in [2.75, 3.05) is 39.0 Å². The third-order valence-electron chi connectivity index (χ3n) is 3.59. The number of amides is 1. The average Bonchev–Trinajstić information content (AvgIpc) is 2.54. The third-order valence-corrected chi connectivity index (χ3v) is 4.95. The minimum atomic E-state index is 0.190. The van der Waals surface area contributed by atoms with Crippen LogP contribution in [-0.4, -0.2) is 55.1 Å². The van der Waals surface area contributed by atoms with Crippen LogP contribution in [0, 0.1) is 0 Å². The van der Waals surface area contributed by atoms with Gasteiger partial charge in [0.15, 0.2) is 0 Å². The number of carbonyl (C=O) groups is 1. The fourth-order valence-corrected chi connectivity index (χ4v) is 3.37. The van der Waals surface area contributed by atoms with Gasteiger partial charge in [0, 0.05) is 12.3 Å². The van der Waals surface area contributed by atoms with Crippen LogP contribution in [0.5, 0.6) is 5.75 Å². The first-order valence-electron chi connectivity index (χ1n) is 7.50. The second-order valence-electron chi connectivity index (χ2n) is 5.24. The first-order valence-corrected chi connectivity index (χ1v) is 8.54. The van der Waals surface area contributed by atoms with Crippen molar-refractivity contribution in [3.8, 4) is 5.75 Å². The number of hydrogen-bond acceptors (Lipinski definition) is 4. The second-order valence-corrected chi connectivity index (χ2v) is 6.53. The molecule has 5 heteroatoms. The van der Waals surface area contributed by atoms with Gasteiger partial charge in [-0.15, -0.1) is 11.8 Å². The molecule has 0 aromatic heterocycles. The third kappa shape index (κ3) is 5.98. The van der Waals surface area contributed by atoms with Gasteiger partial charge in [-0.2, -0.15) is 0 Å². The number of ether oxygens (including phenoxy) is 1. The number of benzene rings is 1. The van der Waals surface area contributed by atoms with Gasteiger partial charge in [0.25, 0.3) is 0 Å². The average molecular weight is 308 g/mol. The number of para-hydroxylation sites is 1. The van der Waals surface area contributed by atoms with E-state index in [0.29, 0.717) is 24.2 Å². The number of thioether (sulfide) groups is 1. The van der Waals surface area contributed by atoms with Crippen LogP contribution in [0.25, 0.3) is 0 Å². The van der Waals surface area contributed by atoms with Crippen LogP contribution in [0.4, 0.5) is 0 Å². The Labute approximate surface area is 131 Å². The van der Waals surface area contributed by atoms with Gasteiger partial charge in [0.05, 0.1) is 12.3 Å². The maximum absolute atomic E-state index is 12.1. The van der Waals surface area contributed by atoms with Crippen molar-refractivity contribution in [1.29, 1.82) is 0 Å². The predicted molar refractivity (Wildman–Crippen MR) is 87.9 cm³/mol. The van der Waals surface area contributed by atoms with Crippen LogP contribution >= 0.6 is 11.8 Å². The van der Waals surface area contributed by atoms with Gasteiger partial charge in [-0.25, -0.2) is 0 Å². The summed E-state index contributed by atoms with van der Waals surface area (Å²) in [7, 11) is 1.85. The highest BCUT2D eigenvalue weighted by atomic mass is 32.2. The number of nitrogens with one attached hydrogen (secondary N) is 1. The van der Waals surface area contributed by atoms with Gasteiger partial charge < -0.3 is 15.0 Å². The minimum absolute atomic E-state index is 0.190. The van der Waals surface area contributed by atoms with Gasteiger partial charge in [0.2, 0.25) is 5.91 Å². The number of piperidine rings is 1. The molecule has 0 radical (unpaired) electrons. The molecule has 0 spiro atoms. The molecule has 0 aliphatic carbocycles. The molecule has 0 bridgehead atoms. The lowest BCUT2D eigenvalue weighted by Crippen LogP contribution is -2.34. The first-order chi connectivity index (χ1) is 10.3. The number of hydrogen-bond donors (Lipinski definition) is 1. The zero-order valence-electron chi connectivity index (χ0n) is 12.6. The van der Waals surface area contributed by atoms with Crippen LogP contribution < -0.4 is 10.1 Å². The number of rotatable bonds is 7. The summed E-state index contributed by atoms with van der Waals surface area (Å²) >= 11 is 1.79. The molecular formula is C16H24N2O2S. The van der Waals surface area contributed by atoms with E-state index in [1.807, 2.05) is 37.4 Å². The highest BCUT2D eigenvalue weighted by Crippen LogP contribution is 2.20. The number of carbonyl (C=O) groups excluding carboxylic acids is 1. The molecule has 1 amide bonds. The van der Waals surface area contributed by atoms with E-state index in [4.69, 9.17) is 4.74 Å². The Balaban J connectivity index is 1.60. The van der Waals surface area contributed by atoms with E-state index in [1.165, 1.54) is 12.8 Å². The van der Waals surface area contributed by atoms with E-state index >= 15 is 0 Å². The fraction of sp³-hybridized carbons (Fsp3) is 0.562. The fourth-order valence-electron chi connectivity index (χ4n) is 2.20. The maximum atomic E-state index is 12.1. The van der Waals surface area contributed by atoms with Gasteiger partial charge in [-0.3, -0.25) is 4.79 Å². The number of nitrogens with zero attached hydrogens (tertiary/aromatic N) is 1. The molecular weight excluding hydrogens is 284 g/mol. The monoisotopic (exact) mass is 308 g/mol. The van der Waals surface area contributed by atoms with Crippen LogP contribution in [0.2, 0.25) is 0 Å². The summed E-state index contributed by atoms with van der Waals surface area (Å²) in [4.78, 5) is 13.8. The molecule has 4 nitrogen and oxygen atoms in total. The Morgan fingerprint density at radius 2 is 2.05 bits per heavy atom. The SMILES string of the molecule is CN(CCOc1ccccc1)C(=O)CSC1CCNCC1. The van der Waals surface area contributed by atoms with E-state index in [1.54, 1.807) is 16.7 Å². The molecule has 1 N–H and O–H groups in total. The molecule has 0 unspecified atom stereocenters. The smallest absolute Gasteiger partial charge is 0.232 e. The van der Waals surface area contributed by atoms with E-state index < -0.39 is 0 Å². The highest BCUT2D eigenvalue weighted by molar-refractivity contribution is 8.00. The summed E-state index contributed by atoms with van der Waals surface area (Å²) in [6.45, 7) is 3.31. The summed E-state index contributed by atoms with van der Waals surface area (Å²) < 4.78 is 5.61. The van der Waals surface area contributed by atoms with Crippen LogP contribution in [-0.2, 0) is 4.79 Å². The molecule has 1 aliphatic heterocycles. The van der Waals surface area contributed by atoms with Crippen molar-refractivity contribution < 1.29 is 9.53 Å². The molecule has 0 saturated carbocycles. The predicted octanol–water partition coefficient (Wildman–Crippen LogP) is 2.01. The van der Waals surface area contributed by atoms with Crippen LogP contribution in [0.3, 0.4) is 0 Å². The summed E-state index contributed by atoms with van der Waals surface area (Å²) in [6.07, 6.45) is 2.33. The van der Waals surface area contributed by atoms with Gasteiger partial charge in [0.1, 0.15) is 12.4 Å². The molecule has 116 valence electrons. The molecule has 1 aliphatic rings. The Morgan fingerprint density at radius 3 is 2.76 bits per heavy atom. The molecule has 1 saturated heterocycles. The largest absolute Gasteiger partial charge is 0.492 e. The van der Waals surface area contributed by atoms with E-state index in [0.717, 1.165) is 18.8 Å². The molecule has 1 aromatic rings. The van der Waals surface area contributed by atoms with E-state index in [9.17, 15) is 4.79 Å². The first kappa shape index (κ1) is 16.2. The zero-order chi connectivity index (χ0) is 14.9. The van der Waals surface area contributed by atoms with Crippen molar-refractivity contribution >= 4 is 17.7 Å². The Hall–Kier alpha value is -1.20. The molecule has 1 fully saturated rings. The standard InChI is InChI=1S/C16H24N2O2S/c1-18(11-12-20-14-5-3-2-4-6-14)16(19)13-21-15-7-9-17-10-8-15/h2-6,15,17H,7-13H2,1H3. The Morgan fingerprint density at radius 1 is 1.33 bits per heavy atom. The molecule has 2 rings (SSSR count). The topological polar surface area (TPSA) is 41.6 Å². The quantitative estimate of drug-likeness (QED) is 0.837. The van der Waals surface area contributed by atoms with Crippen molar-refractivity contribution in [1.82, 2.24) is 10.2 Å². The minimum Gasteiger partial charge on any atom is -0.492 e. The lowest BCUT2D eigenvalue weighted by atomic mass is 10.2. The Kier molecular flexibility index (Phi) is 6.89. The van der Waals surface area contributed by atoms with Crippen LogP contribution in [0.1, 0.15) is 12.8 Å². The summed E-state index contributed by atoms with van der Waals surface area (Å²) in [6, 6.07) is 9.70. The second kappa shape index (κ2) is 8.95. The maximum Gasteiger partial charge on any atom is 0.232 e. The molecule has 21 heavy (non-hydrogen) atoms. The van der Waals surface area contributed by atoms with Gasteiger partial charge in [-0.05, 0) is 38.1 Å². The summed E-state index contributed by atoms with van der Waals surface area (Å²) in [5, 5.41) is 3.97. The summed E-state index contributed by atoms with van der Waals surface area (Å²) in [5.74, 6) is 1.62. The van der Waals surface area contributed by atoms with Crippen molar-refractivity contribution in [3.63, 3.8) is 0 Å². The lowest BCUT2D eigenvalue weighted by molar-refractivity contribution is -0.127. The zero-order valence-corrected chi connectivity index (χ0v) is 13.4. The Bertz CT molecular complexity index is 422. The normalized spacial score (nSPS) is 15.7. The van der Waals surface area contributed by atoms with E-state index in [-0.39, 0.29) is 5.91 Å². The molecule has 1 heterocycles. The van der Waals surface area contributed by atoms with Crippen molar-refractivity contribution in [2.45, 2.75) is 18.1 Å². The van der Waals surface area contributed by atoms with Crippen molar-refractivity contribution in [3.05, 3.63) is 30.3 Å². The lowest BCUT2D eigenvalue weighted by Gasteiger charge is -2.23. The van der Waals surface area contributed by atoms with E-state index in [2.05, 4.69) is 5.32 Å². The highest BCUT2D eigenvalue weighted by Gasteiger charge is 2.16. The number of likely N-dealkylation sites (N-methyl/N-ethyl adjacent to an activating group) is 1.